The summed E-state index contributed by atoms with van der Waals surface area (Å²) in [5.41, 5.74) is -0.530. The summed E-state index contributed by atoms with van der Waals surface area (Å²) in [6.45, 7) is 2.83. The van der Waals surface area contributed by atoms with E-state index in [0.717, 1.165) is 12.3 Å². The molecule has 0 aliphatic carbocycles. The highest BCUT2D eigenvalue weighted by molar-refractivity contribution is 5.85. The van der Waals surface area contributed by atoms with E-state index in [-0.39, 0.29) is 54.8 Å². The van der Waals surface area contributed by atoms with Crippen molar-refractivity contribution < 1.29 is 22.7 Å². The smallest absolute Gasteiger partial charge is 0.375 e. The summed E-state index contributed by atoms with van der Waals surface area (Å²) in [6.07, 6.45) is -3.83. The molecule has 3 rings (SSSR count). The van der Waals surface area contributed by atoms with Gasteiger partial charge in [-0.3, -0.25) is 9.20 Å². The van der Waals surface area contributed by atoms with Crippen LogP contribution in [0.2, 0.25) is 0 Å². The number of carbonyl (C=O) groups excluding carboxylic acids is 1. The van der Waals surface area contributed by atoms with Gasteiger partial charge in [-0.05, 0) is 19.1 Å². The average Bonchev–Trinajstić information content (AvgIpc) is 2.94. The molecule has 12 heteroatoms. The highest BCUT2D eigenvalue weighted by atomic mass is 35.5. The molecule has 3 heterocycles. The zero-order valence-corrected chi connectivity index (χ0v) is 15.2. The number of nitrogens with one attached hydrogen (secondary N) is 2. The number of halogens is 5. The van der Waals surface area contributed by atoms with Gasteiger partial charge < -0.3 is 15.4 Å². The number of rotatable bonds is 3. The summed E-state index contributed by atoms with van der Waals surface area (Å²) in [4.78, 5) is 12.2. The van der Waals surface area contributed by atoms with Gasteiger partial charge in [0.1, 0.15) is 6.04 Å². The molecule has 0 unspecified atom stereocenters. The number of amides is 1. The van der Waals surface area contributed by atoms with E-state index in [1.807, 2.05) is 0 Å². The molecule has 2 aromatic rings. The van der Waals surface area contributed by atoms with Crippen molar-refractivity contribution in [1.82, 2.24) is 25.2 Å². The number of pyridine rings is 1. The Morgan fingerprint density at radius 1 is 1.38 bits per heavy atom. The Labute approximate surface area is 159 Å². The topological polar surface area (TPSA) is 80.5 Å². The van der Waals surface area contributed by atoms with E-state index in [0.29, 0.717) is 13.2 Å². The van der Waals surface area contributed by atoms with Crippen LogP contribution in [0.5, 0.6) is 0 Å². The zero-order chi connectivity index (χ0) is 17.3. The van der Waals surface area contributed by atoms with Gasteiger partial charge in [-0.25, -0.2) is 0 Å². The first kappa shape index (κ1) is 22.4. The number of ether oxygens (including phenoxy) is 1. The fourth-order valence-electron chi connectivity index (χ4n) is 2.53. The second-order valence-electron chi connectivity index (χ2n) is 5.49. The number of nitrogens with zero attached hydrogens (tertiary/aromatic N) is 3. The molecule has 0 aromatic carbocycles. The maximum atomic E-state index is 12.8. The van der Waals surface area contributed by atoms with Gasteiger partial charge in [0.15, 0.2) is 11.5 Å². The van der Waals surface area contributed by atoms with Crippen LogP contribution in [0, 0.1) is 0 Å². The maximum absolute atomic E-state index is 12.8. The van der Waals surface area contributed by atoms with E-state index in [9.17, 15) is 18.0 Å². The van der Waals surface area contributed by atoms with Crippen LogP contribution in [0.15, 0.2) is 18.3 Å². The Morgan fingerprint density at radius 3 is 2.77 bits per heavy atom. The van der Waals surface area contributed by atoms with Gasteiger partial charge in [-0.15, -0.1) is 35.0 Å². The van der Waals surface area contributed by atoms with Gasteiger partial charge in [-0.1, -0.05) is 0 Å². The molecular formula is C14H18Cl2F3N5O2. The van der Waals surface area contributed by atoms with Crippen LogP contribution in [-0.2, 0) is 22.3 Å². The van der Waals surface area contributed by atoms with Gasteiger partial charge in [-0.2, -0.15) is 13.2 Å². The van der Waals surface area contributed by atoms with Crippen LogP contribution >= 0.6 is 24.8 Å². The van der Waals surface area contributed by atoms with Crippen LogP contribution in [0.1, 0.15) is 18.3 Å². The first-order valence-electron chi connectivity index (χ1n) is 7.40. The number of fused-ring (bicyclic) bond motifs is 1. The van der Waals surface area contributed by atoms with Crippen molar-refractivity contribution in [2.45, 2.75) is 31.8 Å². The molecule has 0 spiro atoms. The molecule has 1 saturated heterocycles. The number of carbonyl (C=O) groups is 1. The van der Waals surface area contributed by atoms with Crippen molar-refractivity contribution >= 4 is 36.4 Å². The van der Waals surface area contributed by atoms with E-state index in [1.54, 1.807) is 6.92 Å². The Balaban J connectivity index is 0.00000169. The molecule has 146 valence electrons. The second kappa shape index (κ2) is 8.85. The Bertz CT molecular complexity index is 756. The Morgan fingerprint density at radius 2 is 2.12 bits per heavy atom. The number of hydrogen-bond acceptors (Lipinski definition) is 5. The van der Waals surface area contributed by atoms with Gasteiger partial charge in [0.2, 0.25) is 5.91 Å². The molecule has 1 aliphatic heterocycles. The number of morpholine rings is 1. The lowest BCUT2D eigenvalue weighted by molar-refractivity contribution is -0.138. The van der Waals surface area contributed by atoms with E-state index < -0.39 is 17.8 Å². The van der Waals surface area contributed by atoms with Gasteiger partial charge in [0, 0.05) is 12.7 Å². The summed E-state index contributed by atoms with van der Waals surface area (Å²) in [6, 6.07) is 1.67. The van der Waals surface area contributed by atoms with Gasteiger partial charge in [0.05, 0.1) is 24.8 Å². The lowest BCUT2D eigenvalue weighted by Gasteiger charge is -2.29. The first-order valence-corrected chi connectivity index (χ1v) is 7.40. The summed E-state index contributed by atoms with van der Waals surface area (Å²) in [7, 11) is 0. The normalized spacial score (nSPS) is 20.2. The third-order valence-corrected chi connectivity index (χ3v) is 3.82. The van der Waals surface area contributed by atoms with E-state index >= 15 is 0 Å². The van der Waals surface area contributed by atoms with Crippen molar-refractivity contribution in [3.05, 3.63) is 29.7 Å². The number of alkyl halides is 3. The third kappa shape index (κ3) is 4.76. The van der Waals surface area contributed by atoms with Gasteiger partial charge >= 0.3 is 6.18 Å². The minimum Gasteiger partial charge on any atom is -0.375 e. The fourth-order valence-corrected chi connectivity index (χ4v) is 2.53. The highest BCUT2D eigenvalue weighted by Crippen LogP contribution is 2.29. The zero-order valence-electron chi connectivity index (χ0n) is 13.6. The predicted octanol–water partition coefficient (Wildman–Crippen LogP) is 1.58. The average molecular weight is 416 g/mol. The van der Waals surface area contributed by atoms with Crippen LogP contribution in [-0.4, -0.2) is 45.8 Å². The minimum absolute atomic E-state index is 0. The first-order chi connectivity index (χ1) is 11.4. The molecule has 2 aromatic heterocycles. The quantitative estimate of drug-likeness (QED) is 0.795. The summed E-state index contributed by atoms with van der Waals surface area (Å²) >= 11 is 0. The molecule has 1 amide bonds. The van der Waals surface area contributed by atoms with E-state index in [4.69, 9.17) is 4.74 Å². The molecule has 2 atom stereocenters. The lowest BCUT2D eigenvalue weighted by Crippen LogP contribution is -2.55. The van der Waals surface area contributed by atoms with Crippen molar-refractivity contribution in [2.24, 2.45) is 0 Å². The molecule has 0 bridgehead atoms. The third-order valence-electron chi connectivity index (χ3n) is 3.82. The molecule has 1 fully saturated rings. The standard InChI is InChI=1S/C14H16F3N5O2.2ClH/c1-8-12(18-4-5-24-8)13(23)19-6-11-21-20-10-3-2-9(7-22(10)11)14(15,16)17;;/h2-3,7-8,12,18H,4-6H2,1H3,(H,19,23);2*1H/t8-,12+;;/m1../s1. The van der Waals surface area contributed by atoms with Crippen LogP contribution in [0.4, 0.5) is 13.2 Å². The van der Waals surface area contributed by atoms with E-state index in [1.165, 1.54) is 10.5 Å². The van der Waals surface area contributed by atoms with Gasteiger partial charge in [0.25, 0.3) is 0 Å². The minimum atomic E-state index is -4.46. The second-order valence-corrected chi connectivity index (χ2v) is 5.49. The Kier molecular flexibility index (Phi) is 7.63. The van der Waals surface area contributed by atoms with Crippen LogP contribution in [0.3, 0.4) is 0 Å². The molecule has 26 heavy (non-hydrogen) atoms. The van der Waals surface area contributed by atoms with Crippen molar-refractivity contribution in [3.63, 3.8) is 0 Å². The SMILES string of the molecule is C[C@H]1OCCN[C@@H]1C(=O)NCc1nnc2ccc(C(F)(F)F)cn12.Cl.Cl. The van der Waals surface area contributed by atoms with Crippen LogP contribution in [0.25, 0.3) is 5.65 Å². The van der Waals surface area contributed by atoms with Crippen molar-refractivity contribution in [1.29, 1.82) is 0 Å². The molecule has 0 saturated carbocycles. The lowest BCUT2D eigenvalue weighted by atomic mass is 10.1. The fraction of sp³-hybridized carbons (Fsp3) is 0.500. The van der Waals surface area contributed by atoms with Crippen molar-refractivity contribution in [2.75, 3.05) is 13.2 Å². The maximum Gasteiger partial charge on any atom is 0.417 e. The van der Waals surface area contributed by atoms with Crippen molar-refractivity contribution in [3.8, 4) is 0 Å². The molecular weight excluding hydrogens is 398 g/mol. The summed E-state index contributed by atoms with van der Waals surface area (Å²) < 4.78 is 45.0. The highest BCUT2D eigenvalue weighted by Gasteiger charge is 2.31. The number of aromatic nitrogens is 3. The molecule has 7 nitrogen and oxygen atoms in total. The molecule has 2 N–H and O–H groups in total. The number of hydrogen-bond donors (Lipinski definition) is 2. The molecule has 1 aliphatic rings. The predicted molar refractivity (Wildman–Crippen MR) is 91.5 cm³/mol. The van der Waals surface area contributed by atoms with Crippen LogP contribution < -0.4 is 10.6 Å². The summed E-state index contributed by atoms with van der Waals surface area (Å²) in [5, 5.41) is 13.3. The monoisotopic (exact) mass is 415 g/mol. The molecule has 0 radical (unpaired) electrons. The summed E-state index contributed by atoms with van der Waals surface area (Å²) in [5.74, 6) is -0.0836. The Hall–Kier alpha value is -1.62. The van der Waals surface area contributed by atoms with E-state index in [2.05, 4.69) is 20.8 Å². The largest absolute Gasteiger partial charge is 0.417 e.